The van der Waals surface area contributed by atoms with Gasteiger partial charge < -0.3 is 5.73 Å². The van der Waals surface area contributed by atoms with Crippen LogP contribution in [0.25, 0.3) is 0 Å². The van der Waals surface area contributed by atoms with Crippen molar-refractivity contribution in [3.8, 4) is 0 Å². The first kappa shape index (κ1) is 12.0. The maximum Gasteiger partial charge on any atom is 0.239 e. The summed E-state index contributed by atoms with van der Waals surface area (Å²) in [4.78, 5) is 11.9. The molecule has 0 saturated carbocycles. The number of thioether (sulfide) groups is 2. The molecule has 0 fully saturated rings. The first-order valence-electron chi connectivity index (χ1n) is 4.91. The second-order valence-corrected chi connectivity index (χ2v) is 5.84. The molecule has 0 amide bonds. The summed E-state index contributed by atoms with van der Waals surface area (Å²) >= 11 is 2.71. The van der Waals surface area contributed by atoms with Crippen LogP contribution >= 0.6 is 23.5 Å². The Morgan fingerprint density at radius 3 is 2.59 bits per heavy atom. The zero-order valence-electron chi connectivity index (χ0n) is 8.92. The van der Waals surface area contributed by atoms with Crippen LogP contribution in [-0.2, 0) is 0 Å². The Kier molecular flexibility index (Phi) is 3.71. The Labute approximate surface area is 108 Å². The second-order valence-electron chi connectivity index (χ2n) is 3.35. The fourth-order valence-corrected chi connectivity index (χ4v) is 3.29. The number of carbonyl (C=O) groups is 1. The molecule has 1 aliphatic heterocycles. The van der Waals surface area contributed by atoms with E-state index in [1.54, 1.807) is 24.3 Å². The largest absolute Gasteiger partial charge is 0.393 e. The van der Waals surface area contributed by atoms with Gasteiger partial charge in [0.15, 0.2) is 5.78 Å². The number of hydrogen-bond acceptors (Lipinski definition) is 4. The predicted molar refractivity (Wildman–Crippen MR) is 73.2 cm³/mol. The molecule has 0 aromatic heterocycles. The Morgan fingerprint density at radius 1 is 1.24 bits per heavy atom. The minimum Gasteiger partial charge on any atom is -0.393 e. The summed E-state index contributed by atoms with van der Waals surface area (Å²) in [5.74, 6) is -0.0388. The molecule has 4 N–H and O–H groups in total. The van der Waals surface area contributed by atoms with E-state index in [0.29, 0.717) is 15.6 Å². The Bertz CT molecular complexity index is 521. The summed E-state index contributed by atoms with van der Waals surface area (Å²) in [7, 11) is 0. The highest BCUT2D eigenvalue weighted by molar-refractivity contribution is 8.31. The summed E-state index contributed by atoms with van der Waals surface area (Å²) in [5.41, 5.74) is 6.35. The first-order chi connectivity index (χ1) is 8.15. The minimum atomic E-state index is -0.0388. The summed E-state index contributed by atoms with van der Waals surface area (Å²) < 4.78 is 0.802. The molecule has 0 aliphatic carbocycles. The Morgan fingerprint density at radius 2 is 1.94 bits per heavy atom. The fourth-order valence-electron chi connectivity index (χ4n) is 1.30. The van der Waals surface area contributed by atoms with Crippen LogP contribution in [0.5, 0.6) is 0 Å². The van der Waals surface area contributed by atoms with Crippen molar-refractivity contribution in [3.63, 3.8) is 0 Å². The molecule has 0 saturated heterocycles. The van der Waals surface area contributed by atoms with Crippen LogP contribution in [0.3, 0.4) is 0 Å². The minimum absolute atomic E-state index is 0.0388. The van der Waals surface area contributed by atoms with E-state index in [0.717, 1.165) is 4.24 Å². The normalized spacial score (nSPS) is 18.0. The van der Waals surface area contributed by atoms with Crippen molar-refractivity contribution in [1.82, 2.24) is 0 Å². The van der Waals surface area contributed by atoms with Gasteiger partial charge in [0.2, 0.25) is 5.04 Å². The quantitative estimate of drug-likeness (QED) is 0.620. The molecule has 1 heterocycles. The van der Waals surface area contributed by atoms with Crippen molar-refractivity contribution < 1.29 is 10.2 Å². The molecule has 86 valence electrons. The summed E-state index contributed by atoms with van der Waals surface area (Å²) in [5, 5.41) is 6.90. The number of carbonyl (C=O) groups excluding carboxylic acids is 1. The lowest BCUT2D eigenvalue weighted by Crippen LogP contribution is -2.37. The maximum absolute atomic E-state index is 11.9. The molecule has 1 aromatic rings. The van der Waals surface area contributed by atoms with Crippen LogP contribution in [0.1, 0.15) is 10.4 Å². The van der Waals surface area contributed by atoms with Gasteiger partial charge in [-0.15, -0.1) is 0 Å². The lowest BCUT2D eigenvalue weighted by molar-refractivity contribution is -0.107. The molecule has 3 nitrogen and oxygen atoms in total. The summed E-state index contributed by atoms with van der Waals surface area (Å²) in [6.07, 6.45) is 3.26. The van der Waals surface area contributed by atoms with E-state index in [2.05, 4.69) is 0 Å². The van der Waals surface area contributed by atoms with E-state index in [1.807, 2.05) is 18.2 Å². The molecule has 1 aromatic carbocycles. The standard InChI is InChI=1S/C12H10N2OS2/c13-10-7-11(14)17-12(16-10)6-9(15)8-4-2-1-3-5-8/h1-7,13H,14H2/p+1/b12-6-,13-10?. The third-order valence-corrected chi connectivity index (χ3v) is 3.87. The van der Waals surface area contributed by atoms with Crippen molar-refractivity contribution in [3.05, 3.63) is 57.3 Å². The van der Waals surface area contributed by atoms with Gasteiger partial charge >= 0.3 is 0 Å². The molecule has 17 heavy (non-hydrogen) atoms. The molecule has 0 spiro atoms. The van der Waals surface area contributed by atoms with E-state index in [4.69, 9.17) is 11.1 Å². The van der Waals surface area contributed by atoms with Crippen LogP contribution in [0.4, 0.5) is 0 Å². The third kappa shape index (κ3) is 3.25. The Balaban J connectivity index is 2.18. The number of allylic oxidation sites excluding steroid dienone is 1. The molecule has 5 heteroatoms. The third-order valence-electron chi connectivity index (χ3n) is 2.03. The molecular weight excluding hydrogens is 252 g/mol. The number of benzene rings is 1. The van der Waals surface area contributed by atoms with Crippen molar-refractivity contribution in [2.75, 3.05) is 0 Å². The van der Waals surface area contributed by atoms with Gasteiger partial charge in [0.25, 0.3) is 0 Å². The number of ketones is 1. The Hall–Kier alpha value is -1.46. The van der Waals surface area contributed by atoms with Crippen molar-refractivity contribution in [1.29, 1.82) is 0 Å². The van der Waals surface area contributed by atoms with E-state index in [9.17, 15) is 4.79 Å². The van der Waals surface area contributed by atoms with Crippen LogP contribution in [0.2, 0.25) is 0 Å². The van der Waals surface area contributed by atoms with Gasteiger partial charge in [0.05, 0.1) is 9.27 Å². The van der Waals surface area contributed by atoms with Crippen molar-refractivity contribution >= 4 is 34.4 Å². The van der Waals surface area contributed by atoms with Crippen LogP contribution in [0, 0.1) is 0 Å². The molecule has 0 bridgehead atoms. The smallest absolute Gasteiger partial charge is 0.239 e. The molecule has 1 aliphatic rings. The molecule has 0 unspecified atom stereocenters. The van der Waals surface area contributed by atoms with Crippen LogP contribution < -0.4 is 11.1 Å². The van der Waals surface area contributed by atoms with Crippen LogP contribution in [0.15, 0.2) is 51.8 Å². The van der Waals surface area contributed by atoms with Gasteiger partial charge in [-0.05, 0) is 11.8 Å². The topological polar surface area (TPSA) is 68.7 Å². The predicted octanol–water partition coefficient (Wildman–Crippen LogP) is 1.15. The highest BCUT2D eigenvalue weighted by atomic mass is 32.2. The van der Waals surface area contributed by atoms with Gasteiger partial charge in [-0.1, -0.05) is 42.1 Å². The molecule has 2 rings (SSSR count). The van der Waals surface area contributed by atoms with E-state index >= 15 is 0 Å². The molecular formula is C12H11N2OS2+. The molecule has 0 radical (unpaired) electrons. The highest BCUT2D eigenvalue weighted by Gasteiger charge is 2.17. The zero-order chi connectivity index (χ0) is 12.3. The number of hydrogen-bond donors (Lipinski definition) is 2. The van der Waals surface area contributed by atoms with E-state index < -0.39 is 0 Å². The lowest BCUT2D eigenvalue weighted by atomic mass is 10.1. The highest BCUT2D eigenvalue weighted by Crippen LogP contribution is 2.36. The van der Waals surface area contributed by atoms with Gasteiger partial charge in [-0.2, -0.15) is 0 Å². The maximum atomic E-state index is 11.9. The second kappa shape index (κ2) is 5.25. The van der Waals surface area contributed by atoms with Gasteiger partial charge in [0, 0.05) is 17.7 Å². The lowest BCUT2D eigenvalue weighted by Gasteiger charge is -2.08. The van der Waals surface area contributed by atoms with E-state index in [-0.39, 0.29) is 5.78 Å². The van der Waals surface area contributed by atoms with Gasteiger partial charge in [-0.25, -0.2) is 5.41 Å². The number of nitrogens with two attached hydrogens (primary N) is 2. The van der Waals surface area contributed by atoms with Gasteiger partial charge in [-0.3, -0.25) is 4.79 Å². The van der Waals surface area contributed by atoms with Crippen molar-refractivity contribution in [2.45, 2.75) is 0 Å². The fraction of sp³-hybridized carbons (Fsp3) is 0. The van der Waals surface area contributed by atoms with Gasteiger partial charge in [0.1, 0.15) is 0 Å². The average Bonchev–Trinajstić information content (AvgIpc) is 2.28. The monoisotopic (exact) mass is 263 g/mol. The first-order valence-corrected chi connectivity index (χ1v) is 6.55. The summed E-state index contributed by atoms with van der Waals surface area (Å²) in [6, 6.07) is 9.11. The van der Waals surface area contributed by atoms with E-state index in [1.165, 1.54) is 23.5 Å². The SMILES string of the molecule is NC1=CC(=[NH2+])S/C(=C/C(=O)c2ccccc2)S1. The van der Waals surface area contributed by atoms with Crippen molar-refractivity contribution in [2.24, 2.45) is 5.73 Å². The zero-order valence-corrected chi connectivity index (χ0v) is 10.6. The van der Waals surface area contributed by atoms with Crippen LogP contribution in [-0.4, -0.2) is 10.8 Å². The number of rotatable bonds is 2. The average molecular weight is 263 g/mol. The molecule has 0 atom stereocenters. The summed E-state index contributed by atoms with van der Waals surface area (Å²) in [6.45, 7) is 0.